The number of hydrogen-bond acceptors (Lipinski definition) is 3. The molecule has 0 amide bonds. The fraction of sp³-hybridized carbons (Fsp3) is 0.429. The predicted octanol–water partition coefficient (Wildman–Crippen LogP) is 6.31. The fourth-order valence-electron chi connectivity index (χ4n) is 2.68. The average molecular weight is 521 g/mol. The molecule has 2 aromatic carbocycles. The monoisotopic (exact) mass is 518 g/mol. The number of aliphatic hydroxyl groups excluding tert-OH is 1. The van der Waals surface area contributed by atoms with Gasteiger partial charge in [0.2, 0.25) is 0 Å². The number of alkyl halides is 1. The van der Waals surface area contributed by atoms with Crippen LogP contribution in [0.15, 0.2) is 45.3 Å². The van der Waals surface area contributed by atoms with Gasteiger partial charge in [0.25, 0.3) is 0 Å². The summed E-state index contributed by atoms with van der Waals surface area (Å²) < 4.78 is 13.3. The second-order valence-corrected chi connectivity index (χ2v) is 8.82. The van der Waals surface area contributed by atoms with Crippen LogP contribution in [0.5, 0.6) is 11.5 Å². The van der Waals surface area contributed by atoms with Gasteiger partial charge in [-0.25, -0.2) is 0 Å². The van der Waals surface area contributed by atoms with E-state index >= 15 is 0 Å². The molecule has 0 heterocycles. The first-order valence-electron chi connectivity index (χ1n) is 8.92. The van der Waals surface area contributed by atoms with Crippen LogP contribution < -0.4 is 9.47 Å². The molecule has 0 aliphatic carbocycles. The predicted molar refractivity (Wildman–Crippen MR) is 118 cm³/mol. The topological polar surface area (TPSA) is 38.7 Å². The molecule has 1 N–H and O–H groups in total. The Labute approximate surface area is 183 Å². The number of halogens is 3. The highest BCUT2D eigenvalue weighted by atomic mass is 79.9. The molecule has 0 aliphatic rings. The lowest BCUT2D eigenvalue weighted by atomic mass is 9.78. The molecular weight excluding hydrogens is 495 g/mol. The molecule has 2 rings (SSSR count). The summed E-state index contributed by atoms with van der Waals surface area (Å²) in [6, 6.07) is 12.3. The highest BCUT2D eigenvalue weighted by Gasteiger charge is 2.25. The smallest absolute Gasteiger partial charge is 0.147 e. The summed E-state index contributed by atoms with van der Waals surface area (Å²) in [5, 5.41) is 8.84. The SMILES string of the molecule is CC(C)(c1ccc(OCCCO)cc1)c1cc(Br)c(OCCCCl)c(Br)c1. The van der Waals surface area contributed by atoms with Crippen molar-refractivity contribution in [2.45, 2.75) is 32.1 Å². The quantitative estimate of drug-likeness (QED) is 0.295. The Morgan fingerprint density at radius 2 is 1.52 bits per heavy atom. The van der Waals surface area contributed by atoms with Gasteiger partial charge in [-0.2, -0.15) is 0 Å². The highest BCUT2D eigenvalue weighted by molar-refractivity contribution is 9.11. The lowest BCUT2D eigenvalue weighted by Gasteiger charge is -2.27. The van der Waals surface area contributed by atoms with Crippen LogP contribution in [0.2, 0.25) is 0 Å². The van der Waals surface area contributed by atoms with Crippen LogP contribution in [0.25, 0.3) is 0 Å². The molecule has 0 radical (unpaired) electrons. The molecule has 3 nitrogen and oxygen atoms in total. The Bertz CT molecular complexity index is 710. The van der Waals surface area contributed by atoms with Gasteiger partial charge >= 0.3 is 0 Å². The van der Waals surface area contributed by atoms with E-state index in [9.17, 15) is 0 Å². The number of hydrogen-bond donors (Lipinski definition) is 1. The minimum absolute atomic E-state index is 0.139. The second-order valence-electron chi connectivity index (χ2n) is 6.74. The third-order valence-electron chi connectivity index (χ3n) is 4.39. The third-order valence-corrected chi connectivity index (χ3v) is 5.84. The number of aliphatic hydroxyl groups is 1. The molecule has 0 fully saturated rings. The van der Waals surface area contributed by atoms with Crippen molar-refractivity contribution in [2.24, 2.45) is 0 Å². The Hall–Kier alpha value is -0.750. The number of ether oxygens (including phenoxy) is 2. The van der Waals surface area contributed by atoms with Crippen LogP contribution in [-0.2, 0) is 5.41 Å². The van der Waals surface area contributed by atoms with Crippen LogP contribution in [0.1, 0.15) is 37.8 Å². The summed E-state index contributed by atoms with van der Waals surface area (Å²) >= 11 is 13.0. The summed E-state index contributed by atoms with van der Waals surface area (Å²) in [5.74, 6) is 2.20. The van der Waals surface area contributed by atoms with E-state index in [0.717, 1.165) is 26.9 Å². The molecule has 0 aromatic heterocycles. The Balaban J connectivity index is 2.20. The van der Waals surface area contributed by atoms with Crippen molar-refractivity contribution in [3.63, 3.8) is 0 Å². The zero-order valence-corrected chi connectivity index (χ0v) is 19.5. The van der Waals surface area contributed by atoms with E-state index in [0.29, 0.717) is 25.5 Å². The molecule has 0 bridgehead atoms. The van der Waals surface area contributed by atoms with Crippen LogP contribution in [0.4, 0.5) is 0 Å². The van der Waals surface area contributed by atoms with E-state index in [4.69, 9.17) is 26.2 Å². The van der Waals surface area contributed by atoms with Crippen molar-refractivity contribution >= 4 is 43.5 Å². The first-order chi connectivity index (χ1) is 12.9. The van der Waals surface area contributed by atoms with Gasteiger partial charge in [-0.3, -0.25) is 0 Å². The maximum Gasteiger partial charge on any atom is 0.147 e. The van der Waals surface area contributed by atoms with Gasteiger partial charge in [0.15, 0.2) is 0 Å². The van der Waals surface area contributed by atoms with E-state index in [-0.39, 0.29) is 12.0 Å². The average Bonchev–Trinajstić information content (AvgIpc) is 2.64. The lowest BCUT2D eigenvalue weighted by molar-refractivity contribution is 0.233. The first kappa shape index (κ1) is 22.5. The minimum atomic E-state index is -0.191. The molecule has 148 valence electrons. The van der Waals surface area contributed by atoms with Gasteiger partial charge in [0.05, 0.1) is 22.2 Å². The van der Waals surface area contributed by atoms with Crippen molar-refractivity contribution in [1.29, 1.82) is 0 Å². The van der Waals surface area contributed by atoms with Crippen LogP contribution in [0.3, 0.4) is 0 Å². The van der Waals surface area contributed by atoms with Gasteiger partial charge in [0.1, 0.15) is 11.5 Å². The van der Waals surface area contributed by atoms with E-state index in [1.807, 2.05) is 12.1 Å². The molecule has 0 unspecified atom stereocenters. The maximum absolute atomic E-state index is 8.84. The van der Waals surface area contributed by atoms with Crippen LogP contribution >= 0.6 is 43.5 Å². The third kappa shape index (κ3) is 6.11. The van der Waals surface area contributed by atoms with Crippen molar-refractivity contribution in [1.82, 2.24) is 0 Å². The Morgan fingerprint density at radius 1 is 0.926 bits per heavy atom. The number of benzene rings is 2. The number of rotatable bonds is 10. The van der Waals surface area contributed by atoms with Crippen molar-refractivity contribution in [2.75, 3.05) is 25.7 Å². The van der Waals surface area contributed by atoms with Gasteiger partial charge in [0, 0.05) is 24.3 Å². The molecule has 0 saturated heterocycles. The Kier molecular flexibility index (Phi) is 8.93. The van der Waals surface area contributed by atoms with Gasteiger partial charge in [-0.05, 0) is 73.7 Å². The van der Waals surface area contributed by atoms with E-state index in [1.54, 1.807) is 0 Å². The maximum atomic E-state index is 8.84. The summed E-state index contributed by atoms with van der Waals surface area (Å²) in [4.78, 5) is 0. The molecule has 2 aromatic rings. The summed E-state index contributed by atoms with van der Waals surface area (Å²) in [6.07, 6.45) is 1.44. The standard InChI is InChI=1S/C21H25Br2ClO3/c1-21(2,15-5-7-17(8-6-15)26-12-4-10-25)16-13-18(22)20(19(23)14-16)27-11-3-9-24/h5-8,13-14,25H,3-4,9-12H2,1-2H3. The van der Waals surface area contributed by atoms with Crippen molar-refractivity contribution in [3.8, 4) is 11.5 Å². The zero-order valence-electron chi connectivity index (χ0n) is 15.6. The highest BCUT2D eigenvalue weighted by Crippen LogP contribution is 2.41. The van der Waals surface area contributed by atoms with Gasteiger partial charge in [-0.15, -0.1) is 11.6 Å². The van der Waals surface area contributed by atoms with Gasteiger partial charge < -0.3 is 14.6 Å². The first-order valence-corrected chi connectivity index (χ1v) is 11.0. The van der Waals surface area contributed by atoms with E-state index < -0.39 is 0 Å². The normalized spacial score (nSPS) is 11.5. The lowest BCUT2D eigenvalue weighted by Crippen LogP contribution is -2.19. The van der Waals surface area contributed by atoms with Crippen molar-refractivity contribution < 1.29 is 14.6 Å². The van der Waals surface area contributed by atoms with Crippen molar-refractivity contribution in [3.05, 3.63) is 56.5 Å². The van der Waals surface area contributed by atoms with Gasteiger partial charge in [-0.1, -0.05) is 26.0 Å². The zero-order chi connectivity index (χ0) is 19.9. The minimum Gasteiger partial charge on any atom is -0.494 e. The second kappa shape index (κ2) is 10.7. The molecule has 6 heteroatoms. The molecule has 0 saturated carbocycles. The molecule has 0 atom stereocenters. The molecule has 0 spiro atoms. The Morgan fingerprint density at radius 3 is 2.07 bits per heavy atom. The fourth-order valence-corrected chi connectivity index (χ4v) is 4.20. The summed E-state index contributed by atoms with van der Waals surface area (Å²) in [7, 11) is 0. The van der Waals surface area contributed by atoms with Crippen LogP contribution in [-0.4, -0.2) is 30.8 Å². The molecule has 0 aliphatic heterocycles. The molecule has 27 heavy (non-hydrogen) atoms. The van der Waals surface area contributed by atoms with E-state index in [2.05, 4.69) is 70.0 Å². The largest absolute Gasteiger partial charge is 0.494 e. The van der Waals surface area contributed by atoms with E-state index in [1.165, 1.54) is 11.1 Å². The van der Waals surface area contributed by atoms with Crippen LogP contribution in [0, 0.1) is 0 Å². The summed E-state index contributed by atoms with van der Waals surface area (Å²) in [6.45, 7) is 5.62. The summed E-state index contributed by atoms with van der Waals surface area (Å²) in [5.41, 5.74) is 2.16. The molecular formula is C21H25Br2ClO3.